The predicted octanol–water partition coefficient (Wildman–Crippen LogP) is 1.03. The molecule has 0 saturated carbocycles. The summed E-state index contributed by atoms with van der Waals surface area (Å²) in [7, 11) is 1.50. The Morgan fingerprint density at radius 1 is 1.09 bits per heavy atom. The molecule has 10 heteroatoms. The monoisotopic (exact) mass is 469 g/mol. The Bertz CT molecular complexity index is 1280. The number of piperazine rings is 1. The van der Waals surface area contributed by atoms with Gasteiger partial charge in [-0.1, -0.05) is 12.1 Å². The van der Waals surface area contributed by atoms with Gasteiger partial charge in [-0.25, -0.2) is 9.18 Å². The third-order valence-electron chi connectivity index (χ3n) is 6.04. The third kappa shape index (κ3) is 5.18. The lowest BCUT2D eigenvalue weighted by Gasteiger charge is -2.36. The number of nitrogens with zero attached hydrogens (tertiary/aromatic N) is 3. The molecule has 0 radical (unpaired) electrons. The number of carbonyl (C=O) groups excluding carboxylic acids is 1. The van der Waals surface area contributed by atoms with E-state index < -0.39 is 11.2 Å². The minimum atomic E-state index is -0.540. The zero-order chi connectivity index (χ0) is 24.1. The van der Waals surface area contributed by atoms with Crippen molar-refractivity contribution in [2.75, 3.05) is 57.9 Å². The summed E-state index contributed by atoms with van der Waals surface area (Å²) in [5.74, 6) is -0.495. The zero-order valence-electron chi connectivity index (χ0n) is 19.1. The number of hydrogen-bond acceptors (Lipinski definition) is 6. The third-order valence-corrected chi connectivity index (χ3v) is 6.04. The van der Waals surface area contributed by atoms with E-state index in [1.54, 1.807) is 24.3 Å². The molecule has 1 aromatic heterocycles. The number of anilines is 1. The van der Waals surface area contributed by atoms with E-state index in [4.69, 9.17) is 4.74 Å². The SMILES string of the molecule is COCCn1c(=O)[nH]c2cc(C(=O)NCCN3CCN(c4ccccc4F)CC3)ccc2c1=O. The van der Waals surface area contributed by atoms with Crippen LogP contribution in [0, 0.1) is 5.82 Å². The van der Waals surface area contributed by atoms with E-state index in [-0.39, 0.29) is 24.9 Å². The summed E-state index contributed by atoms with van der Waals surface area (Å²) in [6.45, 7) is 4.50. The van der Waals surface area contributed by atoms with Gasteiger partial charge in [0.05, 0.1) is 29.7 Å². The van der Waals surface area contributed by atoms with Crippen molar-refractivity contribution in [1.29, 1.82) is 0 Å². The van der Waals surface area contributed by atoms with Crippen LogP contribution >= 0.6 is 0 Å². The highest BCUT2D eigenvalue weighted by atomic mass is 19.1. The van der Waals surface area contributed by atoms with Gasteiger partial charge in [-0.2, -0.15) is 0 Å². The number of benzene rings is 2. The molecule has 0 aliphatic carbocycles. The molecule has 0 atom stereocenters. The van der Waals surface area contributed by atoms with Gasteiger partial charge in [0.15, 0.2) is 0 Å². The average Bonchev–Trinajstić information content (AvgIpc) is 2.84. The number of nitrogens with one attached hydrogen (secondary N) is 2. The molecule has 4 rings (SSSR count). The molecule has 0 unspecified atom stereocenters. The topological polar surface area (TPSA) is 99.7 Å². The highest BCUT2D eigenvalue weighted by molar-refractivity contribution is 5.97. The maximum atomic E-state index is 14.0. The van der Waals surface area contributed by atoms with Crippen molar-refractivity contribution in [1.82, 2.24) is 19.8 Å². The van der Waals surface area contributed by atoms with Crippen LogP contribution in [0.3, 0.4) is 0 Å². The van der Waals surface area contributed by atoms with Crippen LogP contribution in [0.2, 0.25) is 0 Å². The number of H-pyrrole nitrogens is 1. The van der Waals surface area contributed by atoms with Crippen LogP contribution in [-0.2, 0) is 11.3 Å². The Morgan fingerprint density at radius 2 is 1.85 bits per heavy atom. The minimum Gasteiger partial charge on any atom is -0.383 e. The molecule has 2 N–H and O–H groups in total. The number of halogens is 1. The fraction of sp³-hybridized carbons (Fsp3) is 0.375. The molecule has 3 aromatic rings. The van der Waals surface area contributed by atoms with Crippen LogP contribution in [0.25, 0.3) is 10.9 Å². The van der Waals surface area contributed by atoms with Gasteiger partial charge < -0.3 is 19.9 Å². The summed E-state index contributed by atoms with van der Waals surface area (Å²) < 4.78 is 20.0. The van der Waals surface area contributed by atoms with Crippen molar-refractivity contribution in [3.05, 3.63) is 74.7 Å². The van der Waals surface area contributed by atoms with Gasteiger partial charge in [-0.05, 0) is 30.3 Å². The van der Waals surface area contributed by atoms with Crippen molar-refractivity contribution < 1.29 is 13.9 Å². The average molecular weight is 470 g/mol. The van der Waals surface area contributed by atoms with Gasteiger partial charge in [0.2, 0.25) is 0 Å². The Morgan fingerprint density at radius 3 is 2.59 bits per heavy atom. The number of amides is 1. The van der Waals surface area contributed by atoms with Crippen LogP contribution in [0.5, 0.6) is 0 Å². The number of para-hydroxylation sites is 1. The molecule has 34 heavy (non-hydrogen) atoms. The molecule has 180 valence electrons. The second-order valence-corrected chi connectivity index (χ2v) is 8.18. The van der Waals surface area contributed by atoms with E-state index in [1.807, 2.05) is 11.0 Å². The molecule has 1 amide bonds. The number of rotatable bonds is 8. The van der Waals surface area contributed by atoms with Crippen molar-refractivity contribution in [3.8, 4) is 0 Å². The van der Waals surface area contributed by atoms with E-state index >= 15 is 0 Å². The molecule has 2 heterocycles. The molecular formula is C24H28FN5O4. The fourth-order valence-electron chi connectivity index (χ4n) is 4.13. The number of aromatic nitrogens is 2. The smallest absolute Gasteiger partial charge is 0.328 e. The number of carbonyl (C=O) groups is 1. The number of hydrogen-bond donors (Lipinski definition) is 2. The maximum absolute atomic E-state index is 14.0. The number of fused-ring (bicyclic) bond motifs is 1. The highest BCUT2D eigenvalue weighted by Gasteiger charge is 2.19. The van der Waals surface area contributed by atoms with Crippen LogP contribution in [-0.4, -0.2) is 73.3 Å². The second kappa shape index (κ2) is 10.6. The van der Waals surface area contributed by atoms with Crippen LogP contribution in [0.1, 0.15) is 10.4 Å². The van der Waals surface area contributed by atoms with Gasteiger partial charge in [0, 0.05) is 51.9 Å². The van der Waals surface area contributed by atoms with Crippen molar-refractivity contribution in [2.45, 2.75) is 6.54 Å². The number of ether oxygens (including phenoxy) is 1. The molecule has 1 aliphatic heterocycles. The molecule has 1 saturated heterocycles. The molecule has 9 nitrogen and oxygen atoms in total. The fourth-order valence-corrected chi connectivity index (χ4v) is 4.13. The number of methoxy groups -OCH3 is 1. The van der Waals surface area contributed by atoms with Gasteiger partial charge in [-0.3, -0.25) is 19.1 Å². The second-order valence-electron chi connectivity index (χ2n) is 8.18. The van der Waals surface area contributed by atoms with Crippen LogP contribution in [0.4, 0.5) is 10.1 Å². The first kappa shape index (κ1) is 23.7. The summed E-state index contributed by atoms with van der Waals surface area (Å²) >= 11 is 0. The quantitative estimate of drug-likeness (QED) is 0.511. The summed E-state index contributed by atoms with van der Waals surface area (Å²) in [6, 6.07) is 11.4. The van der Waals surface area contributed by atoms with E-state index in [0.29, 0.717) is 35.2 Å². The zero-order valence-corrected chi connectivity index (χ0v) is 19.1. The van der Waals surface area contributed by atoms with E-state index in [0.717, 1.165) is 30.7 Å². The first-order chi connectivity index (χ1) is 16.5. The lowest BCUT2D eigenvalue weighted by Crippen LogP contribution is -2.48. The lowest BCUT2D eigenvalue weighted by atomic mass is 10.1. The summed E-state index contributed by atoms with van der Waals surface area (Å²) in [5, 5.41) is 3.22. The Hall–Kier alpha value is -3.50. The van der Waals surface area contributed by atoms with E-state index in [2.05, 4.69) is 15.2 Å². The highest BCUT2D eigenvalue weighted by Crippen LogP contribution is 2.20. The van der Waals surface area contributed by atoms with Crippen LogP contribution < -0.4 is 21.5 Å². The first-order valence-electron chi connectivity index (χ1n) is 11.2. The number of aromatic amines is 1. The van der Waals surface area contributed by atoms with Gasteiger partial charge >= 0.3 is 5.69 Å². The Kier molecular flexibility index (Phi) is 7.39. The van der Waals surface area contributed by atoms with Crippen molar-refractivity contribution in [3.63, 3.8) is 0 Å². The Labute approximate surface area is 195 Å². The van der Waals surface area contributed by atoms with Gasteiger partial charge in [0.25, 0.3) is 11.5 Å². The first-order valence-corrected chi connectivity index (χ1v) is 11.2. The molecule has 2 aromatic carbocycles. The minimum absolute atomic E-state index is 0.150. The van der Waals surface area contributed by atoms with E-state index in [9.17, 15) is 18.8 Å². The van der Waals surface area contributed by atoms with Crippen molar-refractivity contribution in [2.24, 2.45) is 0 Å². The molecular weight excluding hydrogens is 441 g/mol. The van der Waals surface area contributed by atoms with E-state index in [1.165, 1.54) is 19.2 Å². The maximum Gasteiger partial charge on any atom is 0.328 e. The van der Waals surface area contributed by atoms with Gasteiger partial charge in [-0.15, -0.1) is 0 Å². The summed E-state index contributed by atoms with van der Waals surface area (Å²) in [5.41, 5.74) is 0.344. The summed E-state index contributed by atoms with van der Waals surface area (Å²) in [6.07, 6.45) is 0. The molecule has 0 spiro atoms. The lowest BCUT2D eigenvalue weighted by molar-refractivity contribution is 0.0948. The molecule has 1 aliphatic rings. The Balaban J connectivity index is 1.32. The summed E-state index contributed by atoms with van der Waals surface area (Å²) in [4.78, 5) is 44.3. The normalized spacial score (nSPS) is 14.5. The largest absolute Gasteiger partial charge is 0.383 e. The molecule has 1 fully saturated rings. The van der Waals surface area contributed by atoms with Gasteiger partial charge in [0.1, 0.15) is 5.82 Å². The predicted molar refractivity (Wildman–Crippen MR) is 128 cm³/mol. The van der Waals surface area contributed by atoms with Crippen LogP contribution in [0.15, 0.2) is 52.1 Å². The molecule has 0 bridgehead atoms. The standard InChI is InChI=1S/C24H28FN5O4/c1-34-15-14-30-23(32)18-7-6-17(16-20(18)27-24(30)33)22(31)26-8-9-28-10-12-29(13-11-28)21-5-3-2-4-19(21)25/h2-7,16H,8-15H2,1H3,(H,26,31)(H,27,33). The van der Waals surface area contributed by atoms with Crippen molar-refractivity contribution >= 4 is 22.5 Å².